The molecular formula is C14H22N4S. The van der Waals surface area contributed by atoms with Crippen LogP contribution in [0.4, 0.5) is 0 Å². The van der Waals surface area contributed by atoms with Crippen molar-refractivity contribution in [1.29, 1.82) is 0 Å². The van der Waals surface area contributed by atoms with Crippen molar-refractivity contribution < 1.29 is 0 Å². The lowest BCUT2D eigenvalue weighted by molar-refractivity contribution is 0.551. The van der Waals surface area contributed by atoms with Gasteiger partial charge in [-0.15, -0.1) is 11.3 Å². The molecule has 4 nitrogen and oxygen atoms in total. The van der Waals surface area contributed by atoms with Crippen LogP contribution in [0.3, 0.4) is 0 Å². The molecule has 104 valence electrons. The molecular weight excluding hydrogens is 256 g/mol. The molecule has 2 rings (SSSR count). The molecule has 0 aliphatic heterocycles. The number of aryl methyl sites for hydroxylation is 2. The lowest BCUT2D eigenvalue weighted by atomic mass is 10.1. The second kappa shape index (κ2) is 5.84. The van der Waals surface area contributed by atoms with Gasteiger partial charge in [0.2, 0.25) is 0 Å². The van der Waals surface area contributed by atoms with E-state index in [4.69, 9.17) is 4.98 Å². The standard InChI is InChI=1S/C14H22N4S/c1-9(2)6-15-7-13-16-12(8-19-13)14-10(3)17-18(5)11(14)4/h8-9,15H,6-7H2,1-5H3. The van der Waals surface area contributed by atoms with Crippen molar-refractivity contribution in [3.05, 3.63) is 21.8 Å². The second-order valence-corrected chi connectivity index (χ2v) is 6.26. The third kappa shape index (κ3) is 3.22. The highest BCUT2D eigenvalue weighted by Crippen LogP contribution is 2.27. The number of aromatic nitrogens is 3. The largest absolute Gasteiger partial charge is 0.310 e. The molecule has 19 heavy (non-hydrogen) atoms. The van der Waals surface area contributed by atoms with E-state index in [-0.39, 0.29) is 0 Å². The molecule has 2 heterocycles. The van der Waals surface area contributed by atoms with Gasteiger partial charge in [-0.05, 0) is 26.3 Å². The maximum Gasteiger partial charge on any atom is 0.107 e. The van der Waals surface area contributed by atoms with E-state index >= 15 is 0 Å². The zero-order valence-corrected chi connectivity index (χ0v) is 13.1. The van der Waals surface area contributed by atoms with Gasteiger partial charge in [-0.1, -0.05) is 13.8 Å². The van der Waals surface area contributed by atoms with E-state index in [9.17, 15) is 0 Å². The number of hydrogen-bond acceptors (Lipinski definition) is 4. The summed E-state index contributed by atoms with van der Waals surface area (Å²) in [6.07, 6.45) is 0. The fourth-order valence-corrected chi connectivity index (χ4v) is 2.87. The van der Waals surface area contributed by atoms with Gasteiger partial charge in [-0.3, -0.25) is 4.68 Å². The van der Waals surface area contributed by atoms with Crippen LogP contribution in [0.1, 0.15) is 30.2 Å². The molecule has 0 aliphatic carbocycles. The SMILES string of the molecule is Cc1nn(C)c(C)c1-c1csc(CNCC(C)C)n1. The van der Waals surface area contributed by atoms with Crippen molar-refractivity contribution >= 4 is 11.3 Å². The zero-order chi connectivity index (χ0) is 14.0. The lowest BCUT2D eigenvalue weighted by Crippen LogP contribution is -2.18. The van der Waals surface area contributed by atoms with Crippen molar-refractivity contribution in [2.75, 3.05) is 6.54 Å². The molecule has 2 aromatic heterocycles. The molecule has 0 atom stereocenters. The van der Waals surface area contributed by atoms with Crippen LogP contribution >= 0.6 is 11.3 Å². The summed E-state index contributed by atoms with van der Waals surface area (Å²) in [6, 6.07) is 0. The van der Waals surface area contributed by atoms with Crippen molar-refractivity contribution in [1.82, 2.24) is 20.1 Å². The summed E-state index contributed by atoms with van der Waals surface area (Å²) < 4.78 is 1.92. The molecule has 0 saturated carbocycles. The average Bonchev–Trinajstić information content (AvgIpc) is 2.85. The first-order valence-corrected chi connectivity index (χ1v) is 7.52. The number of rotatable bonds is 5. The minimum atomic E-state index is 0.669. The zero-order valence-electron chi connectivity index (χ0n) is 12.3. The van der Waals surface area contributed by atoms with E-state index in [2.05, 4.69) is 36.6 Å². The summed E-state index contributed by atoms with van der Waals surface area (Å²) in [5, 5.41) is 11.1. The quantitative estimate of drug-likeness (QED) is 0.914. The van der Waals surface area contributed by atoms with E-state index in [0.717, 1.165) is 29.5 Å². The molecule has 0 aliphatic rings. The van der Waals surface area contributed by atoms with E-state index in [1.54, 1.807) is 11.3 Å². The predicted molar refractivity (Wildman–Crippen MR) is 80.3 cm³/mol. The summed E-state index contributed by atoms with van der Waals surface area (Å²) in [7, 11) is 1.98. The number of hydrogen-bond donors (Lipinski definition) is 1. The van der Waals surface area contributed by atoms with Crippen molar-refractivity contribution in [2.45, 2.75) is 34.2 Å². The Balaban J connectivity index is 2.12. The normalized spacial score (nSPS) is 11.5. The van der Waals surface area contributed by atoms with Crippen LogP contribution in [0.2, 0.25) is 0 Å². The molecule has 1 N–H and O–H groups in total. The van der Waals surface area contributed by atoms with Crippen LogP contribution in [0, 0.1) is 19.8 Å². The van der Waals surface area contributed by atoms with Gasteiger partial charge in [0.05, 0.1) is 11.4 Å². The molecule has 0 unspecified atom stereocenters. The van der Waals surface area contributed by atoms with E-state index in [0.29, 0.717) is 5.92 Å². The Morgan fingerprint density at radius 1 is 1.37 bits per heavy atom. The number of thiazole rings is 1. The van der Waals surface area contributed by atoms with Crippen molar-refractivity contribution in [2.24, 2.45) is 13.0 Å². The molecule has 2 aromatic rings. The van der Waals surface area contributed by atoms with Crippen molar-refractivity contribution in [3.63, 3.8) is 0 Å². The Morgan fingerprint density at radius 3 is 2.68 bits per heavy atom. The van der Waals surface area contributed by atoms with Crippen molar-refractivity contribution in [3.8, 4) is 11.3 Å². The predicted octanol–water partition coefficient (Wildman–Crippen LogP) is 2.91. The van der Waals surface area contributed by atoms with Crippen LogP contribution < -0.4 is 5.32 Å². The second-order valence-electron chi connectivity index (χ2n) is 5.32. The summed E-state index contributed by atoms with van der Waals surface area (Å²) in [5.41, 5.74) is 4.44. The van der Waals surface area contributed by atoms with Gasteiger partial charge < -0.3 is 5.32 Å². The molecule has 5 heteroatoms. The van der Waals surface area contributed by atoms with Gasteiger partial charge in [0, 0.05) is 30.2 Å². The Labute approximate surface area is 118 Å². The first-order valence-electron chi connectivity index (χ1n) is 6.64. The molecule has 0 amide bonds. The van der Waals surface area contributed by atoms with E-state index in [1.807, 2.05) is 18.7 Å². The fraction of sp³-hybridized carbons (Fsp3) is 0.571. The van der Waals surface area contributed by atoms with Crippen LogP contribution in [0.5, 0.6) is 0 Å². The Bertz CT molecular complexity index is 554. The van der Waals surface area contributed by atoms with Gasteiger partial charge in [-0.25, -0.2) is 4.98 Å². The molecule has 0 radical (unpaired) electrons. The third-order valence-corrected chi connectivity index (χ3v) is 3.99. The van der Waals surface area contributed by atoms with Crippen LogP contribution in [-0.2, 0) is 13.6 Å². The highest BCUT2D eigenvalue weighted by Gasteiger charge is 2.14. The van der Waals surface area contributed by atoms with Crippen LogP contribution in [0.25, 0.3) is 11.3 Å². The highest BCUT2D eigenvalue weighted by atomic mass is 32.1. The van der Waals surface area contributed by atoms with E-state index < -0.39 is 0 Å². The molecule has 0 spiro atoms. The maximum atomic E-state index is 4.72. The third-order valence-electron chi connectivity index (χ3n) is 3.15. The van der Waals surface area contributed by atoms with Gasteiger partial charge in [0.1, 0.15) is 5.01 Å². The first kappa shape index (κ1) is 14.2. The Morgan fingerprint density at radius 2 is 2.11 bits per heavy atom. The number of nitrogens with zero attached hydrogens (tertiary/aromatic N) is 3. The Kier molecular flexibility index (Phi) is 4.37. The summed E-state index contributed by atoms with van der Waals surface area (Å²) in [5.74, 6) is 0.669. The average molecular weight is 278 g/mol. The Hall–Kier alpha value is -1.20. The molecule has 0 aromatic carbocycles. The van der Waals surface area contributed by atoms with Gasteiger partial charge in [0.15, 0.2) is 0 Å². The molecule has 0 bridgehead atoms. The van der Waals surface area contributed by atoms with Crippen LogP contribution in [0.15, 0.2) is 5.38 Å². The minimum absolute atomic E-state index is 0.669. The van der Waals surface area contributed by atoms with E-state index in [1.165, 1.54) is 11.3 Å². The first-order chi connectivity index (χ1) is 8.99. The maximum absolute atomic E-state index is 4.72. The topological polar surface area (TPSA) is 42.7 Å². The fourth-order valence-electron chi connectivity index (χ4n) is 2.12. The number of nitrogens with one attached hydrogen (secondary N) is 1. The van der Waals surface area contributed by atoms with Crippen LogP contribution in [-0.4, -0.2) is 21.3 Å². The summed E-state index contributed by atoms with van der Waals surface area (Å²) in [4.78, 5) is 4.72. The monoisotopic (exact) mass is 278 g/mol. The smallest absolute Gasteiger partial charge is 0.107 e. The minimum Gasteiger partial charge on any atom is -0.310 e. The lowest BCUT2D eigenvalue weighted by Gasteiger charge is -2.04. The van der Waals surface area contributed by atoms with Gasteiger partial charge in [-0.2, -0.15) is 5.10 Å². The summed E-state index contributed by atoms with van der Waals surface area (Å²) in [6.45, 7) is 10.4. The van der Waals surface area contributed by atoms with Gasteiger partial charge >= 0.3 is 0 Å². The summed E-state index contributed by atoms with van der Waals surface area (Å²) >= 11 is 1.71. The highest BCUT2D eigenvalue weighted by molar-refractivity contribution is 7.09. The van der Waals surface area contributed by atoms with Gasteiger partial charge in [0.25, 0.3) is 0 Å². The molecule has 0 saturated heterocycles. The molecule has 0 fully saturated rings.